The summed E-state index contributed by atoms with van der Waals surface area (Å²) in [5.41, 5.74) is 3.17. The number of nitrogens with one attached hydrogen (secondary N) is 1. The van der Waals surface area contributed by atoms with Crippen molar-refractivity contribution in [3.05, 3.63) is 75.7 Å². The van der Waals surface area contributed by atoms with E-state index in [2.05, 4.69) is 20.9 Å². The highest BCUT2D eigenvalue weighted by molar-refractivity contribution is 5.81. The van der Waals surface area contributed by atoms with Crippen LogP contribution in [0.4, 0.5) is 0 Å². The number of fused-ring (bicyclic) bond motifs is 1. The lowest BCUT2D eigenvalue weighted by molar-refractivity contribution is -0.131. The Morgan fingerprint density at radius 1 is 1.38 bits per heavy atom. The minimum atomic E-state index is -0.351. The molecule has 1 unspecified atom stereocenters. The third kappa shape index (κ3) is 4.85. The van der Waals surface area contributed by atoms with Crippen molar-refractivity contribution < 1.29 is 9.90 Å². The van der Waals surface area contributed by atoms with E-state index in [0.29, 0.717) is 36.1 Å². The number of nitriles is 1. The molecule has 2 heterocycles. The summed E-state index contributed by atoms with van der Waals surface area (Å²) in [6.07, 6.45) is 1.76. The van der Waals surface area contributed by atoms with E-state index in [4.69, 9.17) is 0 Å². The van der Waals surface area contributed by atoms with Gasteiger partial charge in [0.05, 0.1) is 47.4 Å². The molecule has 1 saturated heterocycles. The Morgan fingerprint density at radius 2 is 2.22 bits per heavy atom. The molecule has 0 spiro atoms. The fourth-order valence-electron chi connectivity index (χ4n) is 4.16. The van der Waals surface area contributed by atoms with E-state index in [1.54, 1.807) is 30.1 Å². The van der Waals surface area contributed by atoms with Gasteiger partial charge in [-0.2, -0.15) is 5.26 Å². The normalized spacial score (nSPS) is 17.2. The van der Waals surface area contributed by atoms with Crippen molar-refractivity contribution in [3.8, 4) is 6.07 Å². The smallest absolute Gasteiger partial charge is 0.266 e. The molecular formula is C24H25N5O3. The number of H-pyrrole nitrogens is 1. The van der Waals surface area contributed by atoms with Crippen LogP contribution in [-0.2, 0) is 11.2 Å². The SMILES string of the molecule is CN(C(=O)Cc1ccc2ncc(=O)[nH]c2c1)C(CN1CC[C@H](O)C1)c1cccc(C#N)c1. The van der Waals surface area contributed by atoms with Gasteiger partial charge in [0.1, 0.15) is 0 Å². The number of likely N-dealkylation sites (tertiary alicyclic amines) is 1. The van der Waals surface area contributed by atoms with Crippen LogP contribution in [-0.4, -0.2) is 63.6 Å². The zero-order valence-electron chi connectivity index (χ0n) is 17.9. The van der Waals surface area contributed by atoms with Gasteiger partial charge in [-0.05, 0) is 41.8 Å². The van der Waals surface area contributed by atoms with Crippen molar-refractivity contribution in [1.29, 1.82) is 5.26 Å². The van der Waals surface area contributed by atoms with Crippen LogP contribution in [0.3, 0.4) is 0 Å². The molecule has 2 atom stereocenters. The maximum atomic E-state index is 13.2. The van der Waals surface area contributed by atoms with Crippen molar-refractivity contribution in [2.45, 2.75) is 25.0 Å². The summed E-state index contributed by atoms with van der Waals surface area (Å²) in [5, 5.41) is 19.2. The number of aromatic amines is 1. The van der Waals surface area contributed by atoms with Crippen LogP contribution in [0.5, 0.6) is 0 Å². The Bertz CT molecular complexity index is 1230. The largest absolute Gasteiger partial charge is 0.392 e. The van der Waals surface area contributed by atoms with Gasteiger partial charge in [0.2, 0.25) is 5.91 Å². The fourth-order valence-corrected chi connectivity index (χ4v) is 4.16. The van der Waals surface area contributed by atoms with Crippen LogP contribution in [0.25, 0.3) is 11.0 Å². The minimum absolute atomic E-state index is 0.0808. The second kappa shape index (κ2) is 9.30. The maximum absolute atomic E-state index is 13.2. The number of aliphatic hydroxyl groups is 1. The number of likely N-dealkylation sites (N-methyl/N-ethyl adjacent to an activating group) is 1. The van der Waals surface area contributed by atoms with Crippen LogP contribution < -0.4 is 5.56 Å². The number of aromatic nitrogens is 2. The lowest BCUT2D eigenvalue weighted by atomic mass is 10.0. The number of hydrogen-bond acceptors (Lipinski definition) is 6. The Kier molecular flexibility index (Phi) is 6.30. The Labute approximate surface area is 185 Å². The van der Waals surface area contributed by atoms with Crippen LogP contribution in [0.2, 0.25) is 0 Å². The van der Waals surface area contributed by atoms with E-state index in [1.165, 1.54) is 6.20 Å². The van der Waals surface area contributed by atoms with Gasteiger partial charge in [0.25, 0.3) is 5.56 Å². The molecule has 32 heavy (non-hydrogen) atoms. The molecule has 0 bridgehead atoms. The molecule has 1 aromatic heterocycles. The molecule has 0 saturated carbocycles. The number of carbonyl (C=O) groups excluding carboxylic acids is 1. The molecule has 3 aromatic rings. The first-order valence-electron chi connectivity index (χ1n) is 10.6. The first-order valence-corrected chi connectivity index (χ1v) is 10.6. The molecule has 0 aliphatic carbocycles. The Hall–Kier alpha value is -3.54. The van der Waals surface area contributed by atoms with E-state index in [-0.39, 0.29) is 30.0 Å². The zero-order chi connectivity index (χ0) is 22.7. The van der Waals surface area contributed by atoms with Crippen LogP contribution in [0.1, 0.15) is 29.2 Å². The fraction of sp³-hybridized carbons (Fsp3) is 0.333. The van der Waals surface area contributed by atoms with Crippen LogP contribution in [0, 0.1) is 11.3 Å². The number of benzene rings is 2. The summed E-state index contributed by atoms with van der Waals surface area (Å²) in [6, 6.07) is 14.6. The topological polar surface area (TPSA) is 113 Å². The number of hydrogen-bond donors (Lipinski definition) is 2. The van der Waals surface area contributed by atoms with Crippen LogP contribution >= 0.6 is 0 Å². The zero-order valence-corrected chi connectivity index (χ0v) is 17.9. The molecule has 2 N–H and O–H groups in total. The van der Waals surface area contributed by atoms with Gasteiger partial charge >= 0.3 is 0 Å². The average molecular weight is 431 g/mol. The molecule has 0 radical (unpaired) electrons. The first kappa shape index (κ1) is 21.7. The highest BCUT2D eigenvalue weighted by Gasteiger charge is 2.28. The third-order valence-electron chi connectivity index (χ3n) is 5.94. The van der Waals surface area contributed by atoms with Gasteiger partial charge in [-0.25, -0.2) is 4.98 Å². The van der Waals surface area contributed by atoms with Crippen molar-refractivity contribution in [1.82, 2.24) is 19.8 Å². The van der Waals surface area contributed by atoms with Gasteiger partial charge in [0, 0.05) is 26.7 Å². The number of rotatable bonds is 6. The summed E-state index contributed by atoms with van der Waals surface area (Å²) < 4.78 is 0. The molecule has 164 valence electrons. The number of β-amino-alcohol motifs (C(OH)–C–C–N with tert-alkyl or cyclic N) is 1. The quantitative estimate of drug-likeness (QED) is 0.613. The second-order valence-corrected chi connectivity index (χ2v) is 8.24. The lowest BCUT2D eigenvalue weighted by Gasteiger charge is -2.32. The number of aliphatic hydroxyl groups excluding tert-OH is 1. The van der Waals surface area contributed by atoms with Gasteiger partial charge in [-0.1, -0.05) is 18.2 Å². The summed E-state index contributed by atoms with van der Waals surface area (Å²) in [7, 11) is 1.77. The van der Waals surface area contributed by atoms with Gasteiger partial charge in [0.15, 0.2) is 0 Å². The van der Waals surface area contributed by atoms with Crippen molar-refractivity contribution >= 4 is 16.9 Å². The Balaban J connectivity index is 1.57. The maximum Gasteiger partial charge on any atom is 0.266 e. The molecule has 2 aromatic carbocycles. The molecule has 1 fully saturated rings. The summed E-state index contributed by atoms with van der Waals surface area (Å²) in [6.45, 7) is 1.91. The van der Waals surface area contributed by atoms with Gasteiger partial charge in [-0.15, -0.1) is 0 Å². The molecule has 1 amide bonds. The Morgan fingerprint density at radius 3 is 2.97 bits per heavy atom. The van der Waals surface area contributed by atoms with E-state index in [0.717, 1.165) is 17.7 Å². The number of amides is 1. The average Bonchev–Trinajstić information content (AvgIpc) is 3.21. The highest BCUT2D eigenvalue weighted by Crippen LogP contribution is 2.25. The van der Waals surface area contributed by atoms with E-state index < -0.39 is 0 Å². The monoisotopic (exact) mass is 431 g/mol. The predicted molar refractivity (Wildman–Crippen MR) is 120 cm³/mol. The molecule has 1 aliphatic rings. The molecule has 8 heteroatoms. The standard InChI is InChI=1S/C24H25N5O3/c1-28(24(32)11-16-5-6-20-21(10-16)27-23(31)13-26-20)22(15-29-8-7-19(30)14-29)18-4-2-3-17(9-18)12-25/h2-6,9-10,13,19,22,30H,7-8,11,14-15H2,1H3,(H,27,31)/t19-,22?/m0/s1. The van der Waals surface area contributed by atoms with Gasteiger partial charge in [-0.3, -0.25) is 14.5 Å². The van der Waals surface area contributed by atoms with Crippen LogP contribution in [0.15, 0.2) is 53.5 Å². The second-order valence-electron chi connectivity index (χ2n) is 8.24. The van der Waals surface area contributed by atoms with E-state index in [9.17, 15) is 20.0 Å². The molecule has 8 nitrogen and oxygen atoms in total. The van der Waals surface area contributed by atoms with Crippen molar-refractivity contribution in [3.63, 3.8) is 0 Å². The lowest BCUT2D eigenvalue weighted by Crippen LogP contribution is -2.39. The number of nitrogens with zero attached hydrogens (tertiary/aromatic N) is 4. The van der Waals surface area contributed by atoms with Gasteiger partial charge < -0.3 is 15.0 Å². The molecular weight excluding hydrogens is 406 g/mol. The van der Waals surface area contributed by atoms with Crippen molar-refractivity contribution in [2.75, 3.05) is 26.7 Å². The molecule has 4 rings (SSSR count). The predicted octanol–water partition coefficient (Wildman–Crippen LogP) is 1.60. The van der Waals surface area contributed by atoms with E-state index >= 15 is 0 Å². The first-order chi connectivity index (χ1) is 15.4. The molecule has 1 aliphatic heterocycles. The number of carbonyl (C=O) groups is 1. The highest BCUT2D eigenvalue weighted by atomic mass is 16.3. The van der Waals surface area contributed by atoms with E-state index in [1.807, 2.05) is 24.3 Å². The summed E-state index contributed by atoms with van der Waals surface area (Å²) in [4.78, 5) is 35.5. The van der Waals surface area contributed by atoms with Crippen molar-refractivity contribution in [2.24, 2.45) is 0 Å². The minimum Gasteiger partial charge on any atom is -0.392 e. The summed E-state index contributed by atoms with van der Waals surface area (Å²) >= 11 is 0. The third-order valence-corrected chi connectivity index (χ3v) is 5.94. The summed E-state index contributed by atoms with van der Waals surface area (Å²) in [5.74, 6) is -0.0808.